The number of carbonyl (C=O) groups is 1. The molecule has 1 aromatic heterocycles. The molecule has 0 fully saturated rings. The number of hydrogen-bond donors (Lipinski definition) is 1. The summed E-state index contributed by atoms with van der Waals surface area (Å²) in [7, 11) is 1.62. The zero-order chi connectivity index (χ0) is 21.8. The Morgan fingerprint density at radius 3 is 2.87 bits per heavy atom. The van der Waals surface area contributed by atoms with E-state index in [0.717, 1.165) is 42.5 Å². The van der Waals surface area contributed by atoms with Crippen LogP contribution in [0.1, 0.15) is 30.9 Å². The number of hydrogen-bond acceptors (Lipinski definition) is 6. The Morgan fingerprint density at radius 1 is 1.29 bits per heavy atom. The Hall–Kier alpha value is -3.19. The molecule has 1 amide bonds. The number of ether oxygens (including phenoxy) is 1. The van der Waals surface area contributed by atoms with Gasteiger partial charge in [0, 0.05) is 29.6 Å². The second-order valence-corrected chi connectivity index (χ2v) is 7.92. The van der Waals surface area contributed by atoms with Crippen LogP contribution in [0.15, 0.2) is 47.0 Å². The second-order valence-electron chi connectivity index (χ2n) is 7.92. The van der Waals surface area contributed by atoms with Crippen LogP contribution < -0.4 is 4.74 Å². The van der Waals surface area contributed by atoms with Gasteiger partial charge in [-0.2, -0.15) is 4.98 Å². The Morgan fingerprint density at radius 2 is 2.13 bits per heavy atom. The summed E-state index contributed by atoms with van der Waals surface area (Å²) in [5.41, 5.74) is 4.06. The number of aliphatic hydroxyl groups excluding tert-OH is 1. The van der Waals surface area contributed by atoms with Crippen LogP contribution in [0.25, 0.3) is 22.8 Å². The third kappa shape index (κ3) is 3.93. The van der Waals surface area contributed by atoms with Crippen molar-refractivity contribution in [1.82, 2.24) is 15.0 Å². The van der Waals surface area contributed by atoms with E-state index < -0.39 is 0 Å². The van der Waals surface area contributed by atoms with Gasteiger partial charge in [-0.15, -0.1) is 0 Å². The topological polar surface area (TPSA) is 88.7 Å². The molecular formula is C24H27N3O4. The van der Waals surface area contributed by atoms with Crippen molar-refractivity contribution in [1.29, 1.82) is 0 Å². The quantitative estimate of drug-likeness (QED) is 0.533. The number of nitrogens with zero attached hydrogens (tertiary/aromatic N) is 3. The van der Waals surface area contributed by atoms with E-state index in [2.05, 4.69) is 23.1 Å². The molecule has 31 heavy (non-hydrogen) atoms. The average molecular weight is 421 g/mol. The summed E-state index contributed by atoms with van der Waals surface area (Å²) in [6.07, 6.45) is 3.55. The first-order valence-corrected chi connectivity index (χ1v) is 10.5. The molecule has 2 aromatic carbocycles. The van der Waals surface area contributed by atoms with Gasteiger partial charge >= 0.3 is 0 Å². The molecule has 0 saturated heterocycles. The van der Waals surface area contributed by atoms with Crippen molar-refractivity contribution in [2.45, 2.75) is 31.6 Å². The number of carbonyl (C=O) groups excluding carboxylic acids is 1. The molecule has 0 radical (unpaired) electrons. The highest BCUT2D eigenvalue weighted by Gasteiger charge is 2.40. The van der Waals surface area contributed by atoms with Gasteiger partial charge in [0.05, 0.1) is 13.7 Å². The zero-order valence-corrected chi connectivity index (χ0v) is 17.9. The van der Waals surface area contributed by atoms with E-state index in [1.165, 1.54) is 11.1 Å². The predicted octanol–water partition coefficient (Wildman–Crippen LogP) is 3.46. The smallest absolute Gasteiger partial charge is 0.258 e. The lowest BCUT2D eigenvalue weighted by Crippen LogP contribution is -2.40. The number of rotatable bonds is 9. The summed E-state index contributed by atoms with van der Waals surface area (Å²) < 4.78 is 10.8. The molecule has 162 valence electrons. The number of methoxy groups -OCH3 is 1. The van der Waals surface area contributed by atoms with Gasteiger partial charge < -0.3 is 19.3 Å². The zero-order valence-electron chi connectivity index (χ0n) is 17.9. The van der Waals surface area contributed by atoms with E-state index in [-0.39, 0.29) is 12.0 Å². The van der Waals surface area contributed by atoms with Gasteiger partial charge in [0.1, 0.15) is 5.75 Å². The molecule has 1 aliphatic carbocycles. The molecule has 1 aliphatic rings. The van der Waals surface area contributed by atoms with Gasteiger partial charge in [-0.1, -0.05) is 36.3 Å². The molecule has 7 heteroatoms. The lowest BCUT2D eigenvalue weighted by atomic mass is 9.78. The molecule has 7 nitrogen and oxygen atoms in total. The molecule has 0 spiro atoms. The average Bonchev–Trinajstić information content (AvgIpc) is 3.45. The first-order valence-electron chi connectivity index (χ1n) is 10.5. The van der Waals surface area contributed by atoms with Crippen LogP contribution >= 0.6 is 0 Å². The molecule has 1 unspecified atom stereocenters. The van der Waals surface area contributed by atoms with Gasteiger partial charge in [0.15, 0.2) is 0 Å². The first kappa shape index (κ1) is 21.1. The Balaban J connectivity index is 1.69. The van der Waals surface area contributed by atoms with Crippen LogP contribution in [0.3, 0.4) is 0 Å². The van der Waals surface area contributed by atoms with Crippen molar-refractivity contribution in [3.63, 3.8) is 0 Å². The van der Waals surface area contributed by atoms with Crippen LogP contribution in [-0.2, 0) is 16.6 Å². The summed E-state index contributed by atoms with van der Waals surface area (Å²) >= 11 is 0. The second kappa shape index (κ2) is 8.89. The van der Waals surface area contributed by atoms with Crippen LogP contribution in [0, 0.1) is 0 Å². The Bertz CT molecular complexity index is 1060. The van der Waals surface area contributed by atoms with Crippen LogP contribution in [0.4, 0.5) is 0 Å². The van der Waals surface area contributed by atoms with Crippen molar-refractivity contribution < 1.29 is 19.2 Å². The van der Waals surface area contributed by atoms with Crippen LogP contribution in [0.5, 0.6) is 5.75 Å². The fourth-order valence-corrected chi connectivity index (χ4v) is 4.60. The van der Waals surface area contributed by atoms with Gasteiger partial charge in [-0.25, -0.2) is 0 Å². The molecule has 4 rings (SSSR count). The Kier molecular flexibility index (Phi) is 6.04. The van der Waals surface area contributed by atoms with E-state index in [9.17, 15) is 9.90 Å². The first-order chi connectivity index (χ1) is 15.1. The van der Waals surface area contributed by atoms with E-state index in [0.29, 0.717) is 24.8 Å². The van der Waals surface area contributed by atoms with Crippen molar-refractivity contribution in [3.05, 3.63) is 53.6 Å². The molecule has 1 N–H and O–H groups in total. The summed E-state index contributed by atoms with van der Waals surface area (Å²) in [6.45, 7) is 3.04. The summed E-state index contributed by atoms with van der Waals surface area (Å²) in [5, 5.41) is 13.5. The third-order valence-corrected chi connectivity index (χ3v) is 6.30. The van der Waals surface area contributed by atoms with Gasteiger partial charge in [-0.3, -0.25) is 4.79 Å². The molecule has 3 aromatic rings. The predicted molar refractivity (Wildman–Crippen MR) is 117 cm³/mol. The number of fused-ring (bicyclic) bond motifs is 1. The fraction of sp³-hybridized carbons (Fsp3) is 0.375. The molecular weight excluding hydrogens is 394 g/mol. The summed E-state index contributed by atoms with van der Waals surface area (Å²) in [5.74, 6) is 1.73. The Labute approximate surface area is 181 Å². The number of aliphatic hydroxyl groups is 1. The van der Waals surface area contributed by atoms with E-state index in [1.54, 1.807) is 12.0 Å². The lowest BCUT2D eigenvalue weighted by molar-refractivity contribution is -0.119. The van der Waals surface area contributed by atoms with Crippen LogP contribution in [-0.4, -0.2) is 53.4 Å². The standard InChI is InChI=1S/C24H27N3O4/c1-3-24(15-27(16-29)12-13-28)11-10-19-20(8-5-9-21(19)24)22-25-23(31-26-22)17-6-4-7-18(14-17)30-2/h4-9,14,16,28H,3,10-13,15H2,1-2H3. The molecule has 1 heterocycles. The highest BCUT2D eigenvalue weighted by atomic mass is 16.5. The largest absolute Gasteiger partial charge is 0.497 e. The molecule has 1 atom stereocenters. The highest BCUT2D eigenvalue weighted by Crippen LogP contribution is 2.45. The minimum Gasteiger partial charge on any atom is -0.497 e. The monoisotopic (exact) mass is 421 g/mol. The maximum atomic E-state index is 11.5. The molecule has 0 saturated carbocycles. The van der Waals surface area contributed by atoms with Crippen molar-refractivity contribution in [2.75, 3.05) is 26.8 Å². The molecule has 0 aliphatic heterocycles. The fourth-order valence-electron chi connectivity index (χ4n) is 4.60. The maximum Gasteiger partial charge on any atom is 0.258 e. The minimum atomic E-state index is -0.138. The highest BCUT2D eigenvalue weighted by molar-refractivity contribution is 5.67. The molecule has 0 bridgehead atoms. The third-order valence-electron chi connectivity index (χ3n) is 6.30. The summed E-state index contributed by atoms with van der Waals surface area (Å²) in [6, 6.07) is 13.7. The maximum absolute atomic E-state index is 11.5. The van der Waals surface area contributed by atoms with Gasteiger partial charge in [0.25, 0.3) is 5.89 Å². The summed E-state index contributed by atoms with van der Waals surface area (Å²) in [4.78, 5) is 17.8. The van der Waals surface area contributed by atoms with Gasteiger partial charge in [-0.05, 0) is 48.6 Å². The van der Waals surface area contributed by atoms with Crippen molar-refractivity contribution in [2.24, 2.45) is 0 Å². The van der Waals surface area contributed by atoms with Gasteiger partial charge in [0.2, 0.25) is 12.2 Å². The van der Waals surface area contributed by atoms with Crippen molar-refractivity contribution >= 4 is 6.41 Å². The number of benzene rings is 2. The minimum absolute atomic E-state index is 0.0403. The van der Waals surface area contributed by atoms with Crippen LogP contribution in [0.2, 0.25) is 0 Å². The van der Waals surface area contributed by atoms with E-state index >= 15 is 0 Å². The van der Waals surface area contributed by atoms with Crippen molar-refractivity contribution in [3.8, 4) is 28.6 Å². The normalized spacial score (nSPS) is 17.4. The number of amides is 1. The lowest BCUT2D eigenvalue weighted by Gasteiger charge is -2.34. The van der Waals surface area contributed by atoms with E-state index in [4.69, 9.17) is 9.26 Å². The SMILES string of the molecule is CCC1(CN(C=O)CCO)CCc2c(-c3noc(-c4cccc(OC)c4)n3)cccc21. The van der Waals surface area contributed by atoms with E-state index in [1.807, 2.05) is 36.4 Å². The number of aromatic nitrogens is 2.